The van der Waals surface area contributed by atoms with Gasteiger partial charge in [-0.15, -0.1) is 11.3 Å². The zero-order chi connectivity index (χ0) is 19.3. The lowest BCUT2D eigenvalue weighted by molar-refractivity contribution is 1.39. The van der Waals surface area contributed by atoms with E-state index in [2.05, 4.69) is 74.5 Å². The summed E-state index contributed by atoms with van der Waals surface area (Å²) in [7, 11) is 0. The Balaban J connectivity index is 1.87. The van der Waals surface area contributed by atoms with Crippen molar-refractivity contribution in [1.82, 2.24) is 4.98 Å². The summed E-state index contributed by atoms with van der Waals surface area (Å²) in [5, 5.41) is 12.0. The summed E-state index contributed by atoms with van der Waals surface area (Å²) in [6, 6.07) is 22.4. The van der Waals surface area contributed by atoms with Crippen molar-refractivity contribution in [3.8, 4) is 0 Å². The standard InChI is InChI=1S/C27H17NS/c1-14-15(2)17-10-11-28-27-22-13-24-21(18-6-3-4-9-23(18)29-24)12-20(22)19-8-5-7-16(14)25(19)26(17)27/h3-13H,1-2H3. The number of benzene rings is 5. The summed E-state index contributed by atoms with van der Waals surface area (Å²) in [6.45, 7) is 4.49. The average molecular weight is 388 g/mol. The van der Waals surface area contributed by atoms with Crippen molar-refractivity contribution in [2.45, 2.75) is 13.8 Å². The molecule has 0 atom stereocenters. The highest BCUT2D eigenvalue weighted by atomic mass is 32.1. The predicted octanol–water partition coefficient (Wildman–Crippen LogP) is 8.12. The first-order chi connectivity index (χ1) is 14.2. The van der Waals surface area contributed by atoms with Crippen molar-refractivity contribution >= 4 is 74.7 Å². The lowest BCUT2D eigenvalue weighted by Crippen LogP contribution is -1.94. The number of aryl methyl sites for hydroxylation is 2. The van der Waals surface area contributed by atoms with Gasteiger partial charge >= 0.3 is 0 Å². The number of fused-ring (bicyclic) bond motifs is 6. The van der Waals surface area contributed by atoms with Crippen LogP contribution in [0.4, 0.5) is 0 Å². The molecule has 0 aliphatic rings. The van der Waals surface area contributed by atoms with Crippen LogP contribution < -0.4 is 0 Å². The number of thiophene rings is 1. The van der Waals surface area contributed by atoms with E-state index in [1.165, 1.54) is 69.0 Å². The molecule has 5 aromatic carbocycles. The minimum atomic E-state index is 1.13. The molecule has 0 amide bonds. The van der Waals surface area contributed by atoms with Gasteiger partial charge in [-0.25, -0.2) is 0 Å². The highest BCUT2D eigenvalue weighted by molar-refractivity contribution is 7.25. The SMILES string of the molecule is Cc1c(C)c2ccnc3c4cc5sc6ccccc6c5cc4c4cccc1c4c23. The highest BCUT2D eigenvalue weighted by Crippen LogP contribution is 2.45. The Morgan fingerprint density at radius 2 is 1.34 bits per heavy atom. The van der Waals surface area contributed by atoms with Crippen molar-refractivity contribution in [2.75, 3.05) is 0 Å². The van der Waals surface area contributed by atoms with E-state index in [1.807, 2.05) is 17.5 Å². The molecule has 0 fully saturated rings. The molecule has 0 spiro atoms. The summed E-state index contributed by atoms with van der Waals surface area (Å²) >= 11 is 1.88. The van der Waals surface area contributed by atoms with Crippen LogP contribution in [0.25, 0.3) is 63.4 Å². The number of nitrogens with zero attached hydrogens (tertiary/aromatic N) is 1. The first kappa shape index (κ1) is 15.7. The Morgan fingerprint density at radius 3 is 2.24 bits per heavy atom. The van der Waals surface area contributed by atoms with Gasteiger partial charge in [-0.1, -0.05) is 36.4 Å². The molecule has 0 aliphatic carbocycles. The molecule has 136 valence electrons. The molecular weight excluding hydrogens is 370 g/mol. The van der Waals surface area contributed by atoms with Gasteiger partial charge in [-0.3, -0.25) is 4.98 Å². The van der Waals surface area contributed by atoms with Crippen LogP contribution in [0.3, 0.4) is 0 Å². The van der Waals surface area contributed by atoms with Gasteiger partial charge in [0.05, 0.1) is 5.52 Å². The number of hydrogen-bond donors (Lipinski definition) is 0. The van der Waals surface area contributed by atoms with Gasteiger partial charge in [0.1, 0.15) is 0 Å². The lowest BCUT2D eigenvalue weighted by Gasteiger charge is -2.18. The smallest absolute Gasteiger partial charge is 0.0793 e. The van der Waals surface area contributed by atoms with Gasteiger partial charge < -0.3 is 0 Å². The van der Waals surface area contributed by atoms with Crippen LogP contribution in [0.15, 0.2) is 66.9 Å². The molecule has 29 heavy (non-hydrogen) atoms. The van der Waals surface area contributed by atoms with Gasteiger partial charge in [0.25, 0.3) is 0 Å². The van der Waals surface area contributed by atoms with E-state index < -0.39 is 0 Å². The van der Waals surface area contributed by atoms with Crippen LogP contribution >= 0.6 is 11.3 Å². The Hall–Kier alpha value is -3.23. The third kappa shape index (κ3) is 1.83. The fourth-order valence-corrected chi connectivity index (χ4v) is 6.31. The van der Waals surface area contributed by atoms with Crippen molar-refractivity contribution in [3.63, 3.8) is 0 Å². The van der Waals surface area contributed by atoms with Crippen LogP contribution in [0.1, 0.15) is 11.1 Å². The average Bonchev–Trinajstić information content (AvgIpc) is 3.13. The molecule has 7 rings (SSSR count). The molecule has 2 heteroatoms. The van der Waals surface area contributed by atoms with Gasteiger partial charge in [0.2, 0.25) is 0 Å². The number of aromatic nitrogens is 1. The molecule has 0 radical (unpaired) electrons. The minimum Gasteiger partial charge on any atom is -0.256 e. The van der Waals surface area contributed by atoms with E-state index >= 15 is 0 Å². The van der Waals surface area contributed by atoms with E-state index in [0.29, 0.717) is 0 Å². The monoisotopic (exact) mass is 387 g/mol. The van der Waals surface area contributed by atoms with E-state index in [-0.39, 0.29) is 0 Å². The third-order valence-corrected chi connectivity index (χ3v) is 7.83. The summed E-state index contributed by atoms with van der Waals surface area (Å²) in [5.74, 6) is 0. The largest absolute Gasteiger partial charge is 0.256 e. The molecule has 0 saturated heterocycles. The van der Waals surface area contributed by atoms with Gasteiger partial charge in [0, 0.05) is 37.1 Å². The van der Waals surface area contributed by atoms with Crippen LogP contribution in [0.5, 0.6) is 0 Å². The topological polar surface area (TPSA) is 12.9 Å². The molecule has 2 heterocycles. The van der Waals surface area contributed by atoms with Crippen molar-refractivity contribution in [2.24, 2.45) is 0 Å². The fourth-order valence-electron chi connectivity index (χ4n) is 5.18. The van der Waals surface area contributed by atoms with Crippen LogP contribution in [0.2, 0.25) is 0 Å². The zero-order valence-corrected chi connectivity index (χ0v) is 17.0. The molecule has 0 unspecified atom stereocenters. The second-order valence-electron chi connectivity index (χ2n) is 8.05. The molecule has 0 saturated carbocycles. The highest BCUT2D eigenvalue weighted by Gasteiger charge is 2.18. The molecule has 2 aromatic heterocycles. The maximum Gasteiger partial charge on any atom is 0.0793 e. The quantitative estimate of drug-likeness (QED) is 0.189. The molecule has 7 aromatic rings. The lowest BCUT2D eigenvalue weighted by atomic mass is 9.87. The molecule has 0 bridgehead atoms. The van der Waals surface area contributed by atoms with E-state index in [0.717, 1.165) is 5.52 Å². The van der Waals surface area contributed by atoms with E-state index in [4.69, 9.17) is 4.98 Å². The molecular formula is C27H17NS. The Morgan fingerprint density at radius 1 is 0.586 bits per heavy atom. The van der Waals surface area contributed by atoms with Crippen LogP contribution in [0, 0.1) is 13.8 Å². The Bertz CT molecular complexity index is 1770. The van der Waals surface area contributed by atoms with Crippen LogP contribution in [-0.2, 0) is 0 Å². The fraction of sp³-hybridized carbons (Fsp3) is 0.0741. The van der Waals surface area contributed by atoms with Gasteiger partial charge in [0.15, 0.2) is 0 Å². The van der Waals surface area contributed by atoms with E-state index in [9.17, 15) is 0 Å². The second kappa shape index (κ2) is 5.22. The summed E-state index contributed by atoms with van der Waals surface area (Å²) in [5.41, 5.74) is 3.86. The normalized spacial score (nSPS) is 12.5. The summed E-state index contributed by atoms with van der Waals surface area (Å²) in [6.07, 6.45) is 1.97. The molecule has 0 aliphatic heterocycles. The Labute approximate surface area is 171 Å². The predicted molar refractivity (Wildman–Crippen MR) is 128 cm³/mol. The Kier molecular flexibility index (Phi) is 2.82. The first-order valence-electron chi connectivity index (χ1n) is 9.99. The van der Waals surface area contributed by atoms with Gasteiger partial charge in [-0.2, -0.15) is 0 Å². The second-order valence-corrected chi connectivity index (χ2v) is 9.14. The minimum absolute atomic E-state index is 1.13. The zero-order valence-electron chi connectivity index (χ0n) is 16.2. The van der Waals surface area contributed by atoms with Crippen molar-refractivity contribution in [3.05, 3.63) is 78.0 Å². The molecule has 1 nitrogen and oxygen atoms in total. The third-order valence-electron chi connectivity index (χ3n) is 6.70. The maximum atomic E-state index is 4.90. The first-order valence-corrected chi connectivity index (χ1v) is 10.8. The number of rotatable bonds is 0. The van der Waals surface area contributed by atoms with Gasteiger partial charge in [-0.05, 0) is 76.2 Å². The summed E-state index contributed by atoms with van der Waals surface area (Å²) in [4.78, 5) is 4.90. The van der Waals surface area contributed by atoms with Crippen LogP contribution in [-0.4, -0.2) is 4.98 Å². The van der Waals surface area contributed by atoms with Crippen molar-refractivity contribution < 1.29 is 0 Å². The van der Waals surface area contributed by atoms with E-state index in [1.54, 1.807) is 0 Å². The maximum absolute atomic E-state index is 4.90. The number of pyridine rings is 1. The summed E-state index contributed by atoms with van der Waals surface area (Å²) < 4.78 is 2.68. The van der Waals surface area contributed by atoms with Crippen molar-refractivity contribution in [1.29, 1.82) is 0 Å². The number of hydrogen-bond acceptors (Lipinski definition) is 2. The molecule has 0 N–H and O–H groups in total.